The molecule has 0 saturated heterocycles. The lowest BCUT2D eigenvalue weighted by molar-refractivity contribution is -0.0381. The summed E-state index contributed by atoms with van der Waals surface area (Å²) in [5.41, 5.74) is 0. The summed E-state index contributed by atoms with van der Waals surface area (Å²) in [7, 11) is 0. The first-order chi connectivity index (χ1) is 14.3. The van der Waals surface area contributed by atoms with Crippen LogP contribution in [0.4, 0.5) is 0 Å². The van der Waals surface area contributed by atoms with Gasteiger partial charge in [0.05, 0.1) is 72.7 Å². The summed E-state index contributed by atoms with van der Waals surface area (Å²) in [6.45, 7) is 8.05. The Labute approximate surface area is 173 Å². The Balaban J connectivity index is 1.70. The van der Waals surface area contributed by atoms with Gasteiger partial charge in [-0.2, -0.15) is 0 Å². The molecule has 8 heteroatoms. The fourth-order valence-corrected chi connectivity index (χ4v) is 2.14. The normalized spacial score (nSPS) is 12.2. The van der Waals surface area contributed by atoms with Crippen LogP contribution >= 0.6 is 0 Å². The van der Waals surface area contributed by atoms with Gasteiger partial charge in [0.1, 0.15) is 18.5 Å². The largest absolute Gasteiger partial charge is 0.491 e. The van der Waals surface area contributed by atoms with Crippen LogP contribution in [0.15, 0.2) is 30.3 Å². The van der Waals surface area contributed by atoms with Gasteiger partial charge in [-0.1, -0.05) is 18.2 Å². The number of hydrogen-bond donors (Lipinski definition) is 1. The minimum Gasteiger partial charge on any atom is -0.491 e. The van der Waals surface area contributed by atoms with Crippen molar-refractivity contribution in [2.45, 2.75) is 13.0 Å². The van der Waals surface area contributed by atoms with E-state index >= 15 is 0 Å². The van der Waals surface area contributed by atoms with Gasteiger partial charge in [-0.25, -0.2) is 0 Å². The van der Waals surface area contributed by atoms with Crippen molar-refractivity contribution in [2.75, 3.05) is 85.9 Å². The van der Waals surface area contributed by atoms with Gasteiger partial charge in [-0.15, -0.1) is 0 Å². The standard InChI is InChI=1S/C21H36O8/c1-2-23-18-20(22)19-28-15-14-26-11-10-24-8-9-25-12-13-27-16-17-29-21-6-4-3-5-7-21/h3-7,20,22H,2,8-19H2,1H3. The van der Waals surface area contributed by atoms with Crippen molar-refractivity contribution in [1.82, 2.24) is 0 Å². The first kappa shape index (κ1) is 25.8. The Kier molecular flexibility index (Phi) is 17.8. The molecule has 168 valence electrons. The van der Waals surface area contributed by atoms with E-state index in [1.165, 1.54) is 0 Å². The Morgan fingerprint density at radius 1 is 0.621 bits per heavy atom. The zero-order valence-corrected chi connectivity index (χ0v) is 17.5. The van der Waals surface area contributed by atoms with E-state index in [-0.39, 0.29) is 6.61 Å². The van der Waals surface area contributed by atoms with Crippen LogP contribution < -0.4 is 4.74 Å². The molecule has 8 nitrogen and oxygen atoms in total. The third kappa shape index (κ3) is 17.3. The maximum Gasteiger partial charge on any atom is 0.119 e. The van der Waals surface area contributed by atoms with E-state index in [1.807, 2.05) is 37.3 Å². The quantitative estimate of drug-likeness (QED) is 0.302. The van der Waals surface area contributed by atoms with Crippen LogP contribution in [0.5, 0.6) is 5.75 Å². The maximum absolute atomic E-state index is 9.50. The number of rotatable bonds is 21. The predicted molar refractivity (Wildman–Crippen MR) is 109 cm³/mol. The molecule has 0 radical (unpaired) electrons. The second-order valence-corrected chi connectivity index (χ2v) is 6.00. The molecule has 0 aliphatic rings. The average molecular weight is 417 g/mol. The number of para-hydroxylation sites is 1. The fourth-order valence-electron chi connectivity index (χ4n) is 2.14. The van der Waals surface area contributed by atoms with Gasteiger partial charge < -0.3 is 38.3 Å². The number of ether oxygens (including phenoxy) is 7. The number of aliphatic hydroxyl groups is 1. The van der Waals surface area contributed by atoms with Crippen molar-refractivity contribution in [3.8, 4) is 5.75 Å². The van der Waals surface area contributed by atoms with Crippen LogP contribution in [-0.2, 0) is 28.4 Å². The lowest BCUT2D eigenvalue weighted by atomic mass is 10.3. The second-order valence-electron chi connectivity index (χ2n) is 6.00. The molecule has 1 aromatic rings. The van der Waals surface area contributed by atoms with E-state index < -0.39 is 6.10 Å². The molecule has 0 aliphatic carbocycles. The molecular formula is C21H36O8. The van der Waals surface area contributed by atoms with E-state index in [4.69, 9.17) is 33.2 Å². The smallest absolute Gasteiger partial charge is 0.119 e. The summed E-state index contributed by atoms with van der Waals surface area (Å²) in [5, 5.41) is 9.50. The van der Waals surface area contributed by atoms with Gasteiger partial charge in [0.2, 0.25) is 0 Å². The van der Waals surface area contributed by atoms with Crippen LogP contribution in [0, 0.1) is 0 Å². The summed E-state index contributed by atoms with van der Waals surface area (Å²) in [5.74, 6) is 0.845. The number of hydrogen-bond acceptors (Lipinski definition) is 8. The Bertz CT molecular complexity index is 446. The van der Waals surface area contributed by atoms with Gasteiger partial charge in [-0.05, 0) is 19.1 Å². The van der Waals surface area contributed by atoms with Gasteiger partial charge in [0.25, 0.3) is 0 Å². The molecular weight excluding hydrogens is 380 g/mol. The molecule has 0 heterocycles. The van der Waals surface area contributed by atoms with Crippen molar-refractivity contribution in [1.29, 1.82) is 0 Å². The van der Waals surface area contributed by atoms with Gasteiger partial charge in [0, 0.05) is 6.61 Å². The van der Waals surface area contributed by atoms with Crippen molar-refractivity contribution >= 4 is 0 Å². The number of benzene rings is 1. The van der Waals surface area contributed by atoms with Crippen molar-refractivity contribution in [3.05, 3.63) is 30.3 Å². The summed E-state index contributed by atoms with van der Waals surface area (Å²) < 4.78 is 37.5. The highest BCUT2D eigenvalue weighted by Gasteiger charge is 2.03. The molecule has 1 unspecified atom stereocenters. The Hall–Kier alpha value is -1.26. The Morgan fingerprint density at radius 3 is 1.59 bits per heavy atom. The van der Waals surface area contributed by atoms with Crippen LogP contribution in [-0.4, -0.2) is 97.1 Å². The highest BCUT2D eigenvalue weighted by molar-refractivity contribution is 5.20. The topological polar surface area (TPSA) is 84.8 Å². The molecule has 0 amide bonds. The molecule has 1 atom stereocenters. The van der Waals surface area contributed by atoms with E-state index in [1.54, 1.807) is 0 Å². The third-order valence-electron chi connectivity index (χ3n) is 3.55. The van der Waals surface area contributed by atoms with Crippen molar-refractivity contribution in [2.24, 2.45) is 0 Å². The average Bonchev–Trinajstić information content (AvgIpc) is 2.75. The van der Waals surface area contributed by atoms with E-state index in [9.17, 15) is 5.11 Å². The Morgan fingerprint density at radius 2 is 1.07 bits per heavy atom. The van der Waals surface area contributed by atoms with Crippen LogP contribution in [0.2, 0.25) is 0 Å². The highest BCUT2D eigenvalue weighted by Crippen LogP contribution is 2.07. The first-order valence-corrected chi connectivity index (χ1v) is 10.1. The van der Waals surface area contributed by atoms with Crippen LogP contribution in [0.3, 0.4) is 0 Å². The summed E-state index contributed by atoms with van der Waals surface area (Å²) in [4.78, 5) is 0. The highest BCUT2D eigenvalue weighted by atomic mass is 16.6. The SMILES string of the molecule is CCOCC(O)COCCOCCOCCOCCOCCOc1ccccc1. The fraction of sp³-hybridized carbons (Fsp3) is 0.714. The lowest BCUT2D eigenvalue weighted by Crippen LogP contribution is -2.23. The lowest BCUT2D eigenvalue weighted by Gasteiger charge is -2.11. The predicted octanol–water partition coefficient (Wildman–Crippen LogP) is 1.55. The summed E-state index contributed by atoms with van der Waals surface area (Å²) in [6.07, 6.45) is -0.591. The molecule has 0 saturated carbocycles. The molecule has 1 aromatic carbocycles. The van der Waals surface area contributed by atoms with Gasteiger partial charge >= 0.3 is 0 Å². The number of aliphatic hydroxyl groups excluding tert-OH is 1. The molecule has 0 fully saturated rings. The van der Waals surface area contributed by atoms with E-state index in [0.717, 1.165) is 5.75 Å². The zero-order chi connectivity index (χ0) is 20.8. The molecule has 1 N–H and O–H groups in total. The van der Waals surface area contributed by atoms with Crippen molar-refractivity contribution in [3.63, 3.8) is 0 Å². The van der Waals surface area contributed by atoms with Crippen LogP contribution in [0.1, 0.15) is 6.92 Å². The first-order valence-electron chi connectivity index (χ1n) is 10.1. The van der Waals surface area contributed by atoms with Crippen LogP contribution in [0.25, 0.3) is 0 Å². The molecule has 29 heavy (non-hydrogen) atoms. The molecule has 1 rings (SSSR count). The van der Waals surface area contributed by atoms with Crippen molar-refractivity contribution < 1.29 is 38.3 Å². The molecule has 0 aliphatic heterocycles. The van der Waals surface area contributed by atoms with E-state index in [2.05, 4.69) is 0 Å². The monoisotopic (exact) mass is 416 g/mol. The van der Waals surface area contributed by atoms with E-state index in [0.29, 0.717) is 79.3 Å². The minimum absolute atomic E-state index is 0.251. The van der Waals surface area contributed by atoms with Gasteiger partial charge in [0.15, 0.2) is 0 Å². The zero-order valence-electron chi connectivity index (χ0n) is 17.5. The van der Waals surface area contributed by atoms with Gasteiger partial charge in [-0.3, -0.25) is 0 Å². The summed E-state index contributed by atoms with van der Waals surface area (Å²) >= 11 is 0. The third-order valence-corrected chi connectivity index (χ3v) is 3.55. The minimum atomic E-state index is -0.591. The molecule has 0 bridgehead atoms. The molecule has 0 spiro atoms. The maximum atomic E-state index is 9.50. The second kappa shape index (κ2) is 20.0. The molecule has 0 aromatic heterocycles. The summed E-state index contributed by atoms with van der Waals surface area (Å²) in [6, 6.07) is 9.65.